The minimum absolute atomic E-state index is 0.0105. The Kier molecular flexibility index (Phi) is 2.38. The molecule has 0 amide bonds. The fourth-order valence-corrected chi connectivity index (χ4v) is 1.58. The number of hydrogen-bond acceptors (Lipinski definition) is 3. The van der Waals surface area contributed by atoms with Crippen LogP contribution in [0.3, 0.4) is 0 Å². The molecule has 4 nitrogen and oxygen atoms in total. The highest BCUT2D eigenvalue weighted by molar-refractivity contribution is 5.79. The zero-order valence-electron chi connectivity index (χ0n) is 8.50. The van der Waals surface area contributed by atoms with Gasteiger partial charge in [0.2, 0.25) is 0 Å². The van der Waals surface area contributed by atoms with Crippen LogP contribution in [0.15, 0.2) is 0 Å². The molecule has 13 heavy (non-hydrogen) atoms. The summed E-state index contributed by atoms with van der Waals surface area (Å²) in [5.41, 5.74) is 4.72. The van der Waals surface area contributed by atoms with Gasteiger partial charge in [0.05, 0.1) is 0 Å². The largest absolute Gasteiger partial charge is 0.480 e. The van der Waals surface area contributed by atoms with Gasteiger partial charge in [-0.2, -0.15) is 0 Å². The summed E-state index contributed by atoms with van der Waals surface area (Å²) in [6.45, 7) is 7.43. The lowest BCUT2D eigenvalue weighted by Crippen LogP contribution is -2.52. The van der Waals surface area contributed by atoms with Crippen molar-refractivity contribution in [3.63, 3.8) is 0 Å². The monoisotopic (exact) mass is 186 g/mol. The SMILES string of the molecule is CC(C)(C)N1CCC(N)(C(=O)O)C1. The predicted molar refractivity (Wildman–Crippen MR) is 50.5 cm³/mol. The standard InChI is InChI=1S/C9H18N2O2/c1-8(2,3)11-5-4-9(10,6-11)7(12)13/h4-6,10H2,1-3H3,(H,12,13). The molecule has 0 aromatic carbocycles. The zero-order valence-corrected chi connectivity index (χ0v) is 8.50. The first-order valence-corrected chi connectivity index (χ1v) is 4.53. The molecule has 1 aliphatic heterocycles. The van der Waals surface area contributed by atoms with Gasteiger partial charge in [-0.3, -0.25) is 9.69 Å². The van der Waals surface area contributed by atoms with Crippen LogP contribution >= 0.6 is 0 Å². The molecule has 0 saturated carbocycles. The van der Waals surface area contributed by atoms with Gasteiger partial charge in [0.1, 0.15) is 5.54 Å². The maximum absolute atomic E-state index is 10.8. The smallest absolute Gasteiger partial charge is 0.325 e. The van der Waals surface area contributed by atoms with Gasteiger partial charge in [-0.25, -0.2) is 0 Å². The molecule has 0 aromatic heterocycles. The number of aliphatic carboxylic acids is 1. The number of rotatable bonds is 1. The van der Waals surface area contributed by atoms with E-state index in [9.17, 15) is 4.79 Å². The van der Waals surface area contributed by atoms with Crippen LogP contribution < -0.4 is 5.73 Å². The number of carboxylic acid groups (broad SMARTS) is 1. The average molecular weight is 186 g/mol. The van der Waals surface area contributed by atoms with Gasteiger partial charge in [0, 0.05) is 18.6 Å². The lowest BCUT2D eigenvalue weighted by Gasteiger charge is -2.32. The Morgan fingerprint density at radius 3 is 2.31 bits per heavy atom. The quantitative estimate of drug-likeness (QED) is 0.617. The number of nitrogens with two attached hydrogens (primary N) is 1. The molecule has 4 heteroatoms. The summed E-state index contributed by atoms with van der Waals surface area (Å²) in [7, 11) is 0. The molecule has 3 N–H and O–H groups in total. The number of carboxylic acids is 1. The lowest BCUT2D eigenvalue weighted by atomic mass is 10.0. The molecule has 0 bridgehead atoms. The normalized spacial score (nSPS) is 30.8. The molecule has 1 unspecified atom stereocenters. The van der Waals surface area contributed by atoms with Gasteiger partial charge in [-0.15, -0.1) is 0 Å². The van der Waals surface area contributed by atoms with E-state index >= 15 is 0 Å². The Morgan fingerprint density at radius 1 is 1.54 bits per heavy atom. The van der Waals surface area contributed by atoms with Gasteiger partial charge < -0.3 is 10.8 Å². The minimum Gasteiger partial charge on any atom is -0.480 e. The van der Waals surface area contributed by atoms with Gasteiger partial charge >= 0.3 is 5.97 Å². The molecular weight excluding hydrogens is 168 g/mol. The Bertz CT molecular complexity index is 222. The summed E-state index contributed by atoms with van der Waals surface area (Å²) in [4.78, 5) is 13.0. The molecule has 1 saturated heterocycles. The van der Waals surface area contributed by atoms with E-state index in [-0.39, 0.29) is 5.54 Å². The molecule has 1 rings (SSSR count). The summed E-state index contributed by atoms with van der Waals surface area (Å²) < 4.78 is 0. The Balaban J connectivity index is 2.69. The Hall–Kier alpha value is -0.610. The van der Waals surface area contributed by atoms with E-state index < -0.39 is 11.5 Å². The Morgan fingerprint density at radius 2 is 2.08 bits per heavy atom. The second kappa shape index (κ2) is 2.96. The first kappa shape index (κ1) is 10.5. The molecule has 1 fully saturated rings. The van der Waals surface area contributed by atoms with Gasteiger partial charge in [-0.05, 0) is 27.2 Å². The number of nitrogens with zero attached hydrogens (tertiary/aromatic N) is 1. The summed E-state index contributed by atoms with van der Waals surface area (Å²) in [5.74, 6) is -0.890. The van der Waals surface area contributed by atoms with Crippen molar-refractivity contribution in [3.05, 3.63) is 0 Å². The maximum atomic E-state index is 10.8. The summed E-state index contributed by atoms with van der Waals surface area (Å²) >= 11 is 0. The fourth-order valence-electron chi connectivity index (χ4n) is 1.58. The van der Waals surface area contributed by atoms with Crippen molar-refractivity contribution >= 4 is 5.97 Å². The topological polar surface area (TPSA) is 66.6 Å². The first-order chi connectivity index (χ1) is 5.76. The van der Waals surface area contributed by atoms with Gasteiger partial charge in [-0.1, -0.05) is 0 Å². The third kappa shape index (κ3) is 2.00. The van der Waals surface area contributed by atoms with Crippen molar-refractivity contribution in [1.82, 2.24) is 4.90 Å². The number of carbonyl (C=O) groups is 1. The van der Waals surface area contributed by atoms with Crippen molar-refractivity contribution in [2.24, 2.45) is 5.73 Å². The van der Waals surface area contributed by atoms with Crippen LogP contribution in [-0.4, -0.2) is 40.1 Å². The highest BCUT2D eigenvalue weighted by Gasteiger charge is 2.44. The molecular formula is C9H18N2O2. The van der Waals surface area contributed by atoms with E-state index in [4.69, 9.17) is 10.8 Å². The second-order valence-electron chi connectivity index (χ2n) is 4.80. The van der Waals surface area contributed by atoms with E-state index in [0.717, 1.165) is 6.54 Å². The van der Waals surface area contributed by atoms with Crippen LogP contribution in [0.1, 0.15) is 27.2 Å². The van der Waals surface area contributed by atoms with Crippen molar-refractivity contribution in [2.45, 2.75) is 38.3 Å². The van der Waals surface area contributed by atoms with Gasteiger partial charge in [0.25, 0.3) is 0 Å². The fraction of sp³-hybridized carbons (Fsp3) is 0.889. The first-order valence-electron chi connectivity index (χ1n) is 4.53. The molecule has 1 aliphatic rings. The van der Waals surface area contributed by atoms with E-state index in [0.29, 0.717) is 13.0 Å². The third-order valence-corrected chi connectivity index (χ3v) is 2.68. The van der Waals surface area contributed by atoms with E-state index in [1.165, 1.54) is 0 Å². The van der Waals surface area contributed by atoms with Crippen LogP contribution in [0.2, 0.25) is 0 Å². The van der Waals surface area contributed by atoms with Gasteiger partial charge in [0.15, 0.2) is 0 Å². The molecule has 1 atom stereocenters. The van der Waals surface area contributed by atoms with Crippen LogP contribution in [-0.2, 0) is 4.79 Å². The minimum atomic E-state index is -1.03. The molecule has 76 valence electrons. The summed E-state index contributed by atoms with van der Waals surface area (Å²) in [6, 6.07) is 0. The van der Waals surface area contributed by atoms with Crippen LogP contribution in [0, 0.1) is 0 Å². The third-order valence-electron chi connectivity index (χ3n) is 2.68. The zero-order chi connectivity index (χ0) is 10.3. The lowest BCUT2D eigenvalue weighted by molar-refractivity contribution is -0.142. The molecule has 1 heterocycles. The number of hydrogen-bond donors (Lipinski definition) is 2. The number of likely N-dealkylation sites (tertiary alicyclic amines) is 1. The van der Waals surface area contributed by atoms with Crippen LogP contribution in [0.4, 0.5) is 0 Å². The second-order valence-corrected chi connectivity index (χ2v) is 4.80. The Labute approximate surface area is 78.7 Å². The van der Waals surface area contributed by atoms with Crippen molar-refractivity contribution in [1.29, 1.82) is 0 Å². The van der Waals surface area contributed by atoms with Crippen molar-refractivity contribution < 1.29 is 9.90 Å². The highest BCUT2D eigenvalue weighted by Crippen LogP contribution is 2.25. The van der Waals surface area contributed by atoms with E-state index in [1.54, 1.807) is 0 Å². The molecule has 0 spiro atoms. The summed E-state index contributed by atoms with van der Waals surface area (Å²) in [6.07, 6.45) is 0.541. The molecule has 0 radical (unpaired) electrons. The molecule has 0 aliphatic carbocycles. The van der Waals surface area contributed by atoms with Crippen molar-refractivity contribution in [3.8, 4) is 0 Å². The summed E-state index contributed by atoms with van der Waals surface area (Å²) in [5, 5.41) is 8.90. The predicted octanol–water partition coefficient (Wildman–Crippen LogP) is 0.273. The molecule has 0 aromatic rings. The van der Waals surface area contributed by atoms with Crippen LogP contribution in [0.5, 0.6) is 0 Å². The maximum Gasteiger partial charge on any atom is 0.325 e. The average Bonchev–Trinajstić information content (AvgIpc) is 2.31. The van der Waals surface area contributed by atoms with Crippen LogP contribution in [0.25, 0.3) is 0 Å². The van der Waals surface area contributed by atoms with Crippen molar-refractivity contribution in [2.75, 3.05) is 13.1 Å². The van der Waals surface area contributed by atoms with E-state index in [2.05, 4.69) is 25.7 Å². The highest BCUT2D eigenvalue weighted by atomic mass is 16.4. The van der Waals surface area contributed by atoms with E-state index in [1.807, 2.05) is 0 Å².